The maximum absolute atomic E-state index is 5.90. The van der Waals surface area contributed by atoms with Crippen LogP contribution in [0.2, 0.25) is 0 Å². The zero-order valence-electron chi connectivity index (χ0n) is 10.2. The van der Waals surface area contributed by atoms with Gasteiger partial charge in [-0.3, -0.25) is 4.98 Å². The van der Waals surface area contributed by atoms with Crippen LogP contribution in [0.15, 0.2) is 65.3 Å². The number of hydrogen-bond acceptors (Lipinski definition) is 2. The molecule has 0 radical (unpaired) electrons. The highest BCUT2D eigenvalue weighted by Crippen LogP contribution is 2.29. The molecule has 0 unspecified atom stereocenters. The first-order valence-electron chi connectivity index (χ1n) is 6.04. The van der Waals surface area contributed by atoms with E-state index in [1.807, 2.05) is 42.5 Å². The van der Waals surface area contributed by atoms with E-state index in [9.17, 15) is 0 Å². The molecule has 94 valence electrons. The number of fused-ring (bicyclic) bond motifs is 1. The molecule has 3 rings (SSSR count). The third-order valence-electron chi connectivity index (χ3n) is 2.92. The highest BCUT2D eigenvalue weighted by molar-refractivity contribution is 9.10. The van der Waals surface area contributed by atoms with Crippen molar-refractivity contribution in [1.82, 2.24) is 4.98 Å². The number of rotatable bonds is 3. The minimum Gasteiger partial charge on any atom is -0.488 e. The van der Waals surface area contributed by atoms with Gasteiger partial charge < -0.3 is 4.74 Å². The van der Waals surface area contributed by atoms with Crippen LogP contribution in [0.3, 0.4) is 0 Å². The molecule has 19 heavy (non-hydrogen) atoms. The van der Waals surface area contributed by atoms with Gasteiger partial charge in [0.05, 0.1) is 5.52 Å². The van der Waals surface area contributed by atoms with Crippen molar-refractivity contribution in [3.05, 3.63) is 70.8 Å². The summed E-state index contributed by atoms with van der Waals surface area (Å²) < 4.78 is 6.88. The molecular formula is C16H12BrNO. The standard InChI is InChI=1S/C16H12BrNO/c17-14-8-4-7-13-15(9-10-18-16(13)14)19-11-12-5-2-1-3-6-12/h1-10H,11H2. The fourth-order valence-electron chi connectivity index (χ4n) is 1.98. The molecule has 1 aromatic heterocycles. The highest BCUT2D eigenvalue weighted by atomic mass is 79.9. The van der Waals surface area contributed by atoms with Crippen molar-refractivity contribution < 1.29 is 4.74 Å². The SMILES string of the molecule is Brc1cccc2c(OCc3ccccc3)ccnc12. The average Bonchev–Trinajstić information content (AvgIpc) is 2.47. The normalized spacial score (nSPS) is 10.6. The zero-order chi connectivity index (χ0) is 13.1. The van der Waals surface area contributed by atoms with Gasteiger partial charge in [-0.25, -0.2) is 0 Å². The van der Waals surface area contributed by atoms with Crippen LogP contribution in [0.1, 0.15) is 5.56 Å². The van der Waals surface area contributed by atoms with Crippen LogP contribution < -0.4 is 4.74 Å². The van der Waals surface area contributed by atoms with Crippen LogP contribution in [-0.4, -0.2) is 4.98 Å². The number of benzene rings is 2. The summed E-state index contributed by atoms with van der Waals surface area (Å²) in [5.74, 6) is 0.857. The molecule has 0 aliphatic carbocycles. The molecule has 0 aliphatic heterocycles. The highest BCUT2D eigenvalue weighted by Gasteiger charge is 2.05. The van der Waals surface area contributed by atoms with Crippen LogP contribution in [0.25, 0.3) is 10.9 Å². The van der Waals surface area contributed by atoms with Gasteiger partial charge in [0.25, 0.3) is 0 Å². The van der Waals surface area contributed by atoms with Gasteiger partial charge in [-0.05, 0) is 39.7 Å². The van der Waals surface area contributed by atoms with Gasteiger partial charge >= 0.3 is 0 Å². The molecule has 2 aromatic carbocycles. The lowest BCUT2D eigenvalue weighted by atomic mass is 10.2. The summed E-state index contributed by atoms with van der Waals surface area (Å²) in [7, 11) is 0. The van der Waals surface area contributed by atoms with Gasteiger partial charge in [-0.15, -0.1) is 0 Å². The van der Waals surface area contributed by atoms with E-state index in [4.69, 9.17) is 4.74 Å². The first kappa shape index (κ1) is 12.2. The van der Waals surface area contributed by atoms with E-state index in [0.717, 1.165) is 26.7 Å². The Hall–Kier alpha value is -1.87. The Morgan fingerprint density at radius 1 is 0.947 bits per heavy atom. The fourth-order valence-corrected chi connectivity index (χ4v) is 2.44. The summed E-state index contributed by atoms with van der Waals surface area (Å²) in [5.41, 5.74) is 2.08. The second-order valence-corrected chi connectivity index (χ2v) is 5.07. The molecular weight excluding hydrogens is 302 g/mol. The number of pyridine rings is 1. The Kier molecular flexibility index (Phi) is 3.47. The summed E-state index contributed by atoms with van der Waals surface area (Å²) in [4.78, 5) is 4.37. The van der Waals surface area contributed by atoms with E-state index in [0.29, 0.717) is 6.61 Å². The Morgan fingerprint density at radius 2 is 1.79 bits per heavy atom. The lowest BCUT2D eigenvalue weighted by molar-refractivity contribution is 0.310. The molecule has 0 amide bonds. The molecule has 0 bridgehead atoms. The second kappa shape index (κ2) is 5.41. The Morgan fingerprint density at radius 3 is 2.63 bits per heavy atom. The van der Waals surface area contributed by atoms with E-state index in [2.05, 4.69) is 33.0 Å². The van der Waals surface area contributed by atoms with Gasteiger partial charge in [-0.2, -0.15) is 0 Å². The van der Waals surface area contributed by atoms with Crippen molar-refractivity contribution in [2.24, 2.45) is 0 Å². The number of nitrogens with zero attached hydrogens (tertiary/aromatic N) is 1. The fraction of sp³-hybridized carbons (Fsp3) is 0.0625. The van der Waals surface area contributed by atoms with Crippen LogP contribution in [-0.2, 0) is 6.61 Å². The molecule has 0 spiro atoms. The molecule has 0 aliphatic rings. The number of aromatic nitrogens is 1. The number of hydrogen-bond donors (Lipinski definition) is 0. The van der Waals surface area contributed by atoms with Gasteiger partial charge in [-0.1, -0.05) is 36.4 Å². The van der Waals surface area contributed by atoms with E-state index in [1.165, 1.54) is 0 Å². The van der Waals surface area contributed by atoms with Gasteiger partial charge in [0.2, 0.25) is 0 Å². The van der Waals surface area contributed by atoms with Crippen molar-refractivity contribution in [2.45, 2.75) is 6.61 Å². The van der Waals surface area contributed by atoms with Crippen LogP contribution in [0.4, 0.5) is 0 Å². The van der Waals surface area contributed by atoms with Crippen LogP contribution in [0.5, 0.6) is 5.75 Å². The van der Waals surface area contributed by atoms with Crippen LogP contribution in [0, 0.1) is 0 Å². The summed E-state index contributed by atoms with van der Waals surface area (Å²) in [6.07, 6.45) is 1.77. The molecule has 0 fully saturated rings. The van der Waals surface area contributed by atoms with Crippen molar-refractivity contribution in [3.8, 4) is 5.75 Å². The third kappa shape index (κ3) is 2.61. The molecule has 2 nitrogen and oxygen atoms in total. The first-order valence-corrected chi connectivity index (χ1v) is 6.84. The summed E-state index contributed by atoms with van der Waals surface area (Å²) >= 11 is 3.51. The maximum atomic E-state index is 5.90. The Balaban J connectivity index is 1.91. The van der Waals surface area contributed by atoms with E-state index >= 15 is 0 Å². The molecule has 0 N–H and O–H groups in total. The number of para-hydroxylation sites is 1. The minimum atomic E-state index is 0.562. The number of halogens is 1. The summed E-state index contributed by atoms with van der Waals surface area (Å²) in [6.45, 7) is 0.562. The topological polar surface area (TPSA) is 22.1 Å². The van der Waals surface area contributed by atoms with E-state index < -0.39 is 0 Å². The molecule has 3 aromatic rings. The van der Waals surface area contributed by atoms with Crippen molar-refractivity contribution >= 4 is 26.8 Å². The van der Waals surface area contributed by atoms with Gasteiger partial charge in [0.15, 0.2) is 0 Å². The largest absolute Gasteiger partial charge is 0.488 e. The summed E-state index contributed by atoms with van der Waals surface area (Å²) in [6, 6.07) is 18.0. The number of ether oxygens (including phenoxy) is 1. The van der Waals surface area contributed by atoms with E-state index in [1.54, 1.807) is 6.20 Å². The third-order valence-corrected chi connectivity index (χ3v) is 3.56. The van der Waals surface area contributed by atoms with Crippen LogP contribution >= 0.6 is 15.9 Å². The first-order chi connectivity index (χ1) is 9.34. The maximum Gasteiger partial charge on any atom is 0.130 e. The summed E-state index contributed by atoms with van der Waals surface area (Å²) in [5, 5.41) is 1.02. The predicted octanol–water partition coefficient (Wildman–Crippen LogP) is 4.58. The lowest BCUT2D eigenvalue weighted by Crippen LogP contribution is -1.96. The van der Waals surface area contributed by atoms with Crippen molar-refractivity contribution in [1.29, 1.82) is 0 Å². The monoisotopic (exact) mass is 313 g/mol. The Bertz CT molecular complexity index is 697. The molecule has 0 saturated heterocycles. The minimum absolute atomic E-state index is 0.562. The predicted molar refractivity (Wildman–Crippen MR) is 80.2 cm³/mol. The molecule has 3 heteroatoms. The van der Waals surface area contributed by atoms with Gasteiger partial charge in [0.1, 0.15) is 12.4 Å². The Labute approximate surface area is 120 Å². The quantitative estimate of drug-likeness (QED) is 0.706. The molecule has 0 saturated carbocycles. The molecule has 0 atom stereocenters. The van der Waals surface area contributed by atoms with E-state index in [-0.39, 0.29) is 0 Å². The van der Waals surface area contributed by atoms with Gasteiger partial charge in [0, 0.05) is 16.1 Å². The van der Waals surface area contributed by atoms with Crippen molar-refractivity contribution in [3.63, 3.8) is 0 Å². The average molecular weight is 314 g/mol. The zero-order valence-corrected chi connectivity index (χ0v) is 11.8. The smallest absolute Gasteiger partial charge is 0.130 e. The molecule has 1 heterocycles. The van der Waals surface area contributed by atoms with Crippen molar-refractivity contribution in [2.75, 3.05) is 0 Å². The lowest BCUT2D eigenvalue weighted by Gasteiger charge is -2.09. The second-order valence-electron chi connectivity index (χ2n) is 4.22.